The number of hydrogen-bond donors (Lipinski definition) is 0. The molecule has 0 amide bonds. The molecule has 5 aromatic carbocycles. The Morgan fingerprint density at radius 2 is 1.33 bits per heavy atom. The summed E-state index contributed by atoms with van der Waals surface area (Å²) in [5.74, 6) is 3.40. The molecule has 0 spiro atoms. The maximum absolute atomic E-state index is 6.59. The summed E-state index contributed by atoms with van der Waals surface area (Å²) in [6, 6.07) is 42.1. The van der Waals surface area contributed by atoms with E-state index in [0.29, 0.717) is 29.3 Å². The van der Waals surface area contributed by atoms with E-state index in [9.17, 15) is 0 Å². The van der Waals surface area contributed by atoms with Gasteiger partial charge in [-0.25, -0.2) is 4.98 Å². The van der Waals surface area contributed by atoms with E-state index < -0.39 is 0 Å². The normalized spacial score (nSPS) is 13.4. The standard InChI is InChI=1S/C55H59N4O.Pt/c1-35(2)39-29-46(36(3)4)52(47(30-39)37(5)6)38-16-13-17-41(28-38)57-26-27-58(34-57)42-18-14-19-43(32-42)60-44-22-23-45-50(33-44)59(51-31-40(24-25-56-51)54(7,8)9)49-21-15-20-48(53(45)49)55(10,11)12;/h13-31,34-37H,1-12H3;/q-3;. The SMILES string of the molecule is CC(C)c1cc(C(C)C)c(-c2cccc(N3C=CN(c4[c-]c(Oc5[c-]c6c(cc5)c5c(C(C)(C)C)cccc5n6-c5cc(C(C)(C)C)ccn5)ccc4)[CH-]3)c2)c(C(C)C)c1.[Pt]. The van der Waals surface area contributed by atoms with Gasteiger partial charge in [-0.1, -0.05) is 125 Å². The van der Waals surface area contributed by atoms with Crippen LogP contribution < -0.4 is 14.5 Å². The van der Waals surface area contributed by atoms with Crippen molar-refractivity contribution < 1.29 is 25.8 Å². The summed E-state index contributed by atoms with van der Waals surface area (Å²) in [7, 11) is 0. The van der Waals surface area contributed by atoms with Gasteiger partial charge >= 0.3 is 0 Å². The van der Waals surface area contributed by atoms with E-state index >= 15 is 0 Å². The van der Waals surface area contributed by atoms with Crippen LogP contribution in [0.25, 0.3) is 38.8 Å². The molecule has 0 atom stereocenters. The maximum Gasteiger partial charge on any atom is 0.135 e. The van der Waals surface area contributed by atoms with Crippen LogP contribution in [-0.4, -0.2) is 9.55 Å². The third kappa shape index (κ3) is 8.69. The van der Waals surface area contributed by atoms with Crippen molar-refractivity contribution in [3.63, 3.8) is 0 Å². The summed E-state index contributed by atoms with van der Waals surface area (Å²) < 4.78 is 8.83. The van der Waals surface area contributed by atoms with Gasteiger partial charge in [0.15, 0.2) is 0 Å². The van der Waals surface area contributed by atoms with E-state index in [-0.39, 0.29) is 31.9 Å². The molecule has 0 fully saturated rings. The summed E-state index contributed by atoms with van der Waals surface area (Å²) in [6.07, 6.45) is 6.09. The van der Waals surface area contributed by atoms with E-state index in [0.717, 1.165) is 33.6 Å². The summed E-state index contributed by atoms with van der Waals surface area (Å²) in [5, 5.41) is 2.34. The number of hydrogen-bond acceptors (Lipinski definition) is 4. The molecule has 1 aliphatic rings. The van der Waals surface area contributed by atoms with Gasteiger partial charge in [-0.3, -0.25) is 0 Å². The monoisotopic (exact) mass is 986 g/mol. The van der Waals surface area contributed by atoms with E-state index in [1.54, 1.807) is 0 Å². The Hall–Kier alpha value is -5.12. The average molecular weight is 987 g/mol. The summed E-state index contributed by atoms with van der Waals surface area (Å²) in [6.45, 7) is 29.4. The zero-order valence-corrected chi connectivity index (χ0v) is 40.1. The van der Waals surface area contributed by atoms with Crippen LogP contribution in [0.15, 0.2) is 116 Å². The molecule has 0 saturated heterocycles. The zero-order chi connectivity index (χ0) is 42.7. The molecule has 7 aromatic rings. The van der Waals surface area contributed by atoms with Crippen molar-refractivity contribution in [2.75, 3.05) is 9.80 Å². The van der Waals surface area contributed by atoms with Gasteiger partial charge < -0.3 is 19.1 Å². The third-order valence-corrected chi connectivity index (χ3v) is 11.8. The molecule has 8 rings (SSSR count). The van der Waals surface area contributed by atoms with Crippen molar-refractivity contribution in [2.24, 2.45) is 0 Å². The minimum absolute atomic E-state index is 0. The molecule has 5 nitrogen and oxygen atoms in total. The molecule has 2 aromatic heterocycles. The van der Waals surface area contributed by atoms with Crippen molar-refractivity contribution in [1.82, 2.24) is 9.55 Å². The first-order valence-electron chi connectivity index (χ1n) is 21.5. The first-order valence-corrected chi connectivity index (χ1v) is 21.5. The molecule has 1 aliphatic heterocycles. The van der Waals surface area contributed by atoms with E-state index in [2.05, 4.69) is 208 Å². The second-order valence-electron chi connectivity index (χ2n) is 19.3. The molecule has 0 bridgehead atoms. The maximum atomic E-state index is 6.59. The number of benzene rings is 5. The largest absolute Gasteiger partial charge is 0.509 e. The molecule has 0 saturated carbocycles. The number of fused-ring (bicyclic) bond motifs is 3. The quantitative estimate of drug-likeness (QED) is 0.135. The molecule has 61 heavy (non-hydrogen) atoms. The number of anilines is 2. The Morgan fingerprint density at radius 1 is 0.656 bits per heavy atom. The molecule has 0 radical (unpaired) electrons. The van der Waals surface area contributed by atoms with Crippen molar-refractivity contribution in [2.45, 2.75) is 112 Å². The van der Waals surface area contributed by atoms with Crippen LogP contribution in [0.2, 0.25) is 0 Å². The Kier molecular flexibility index (Phi) is 12.2. The predicted molar refractivity (Wildman–Crippen MR) is 253 cm³/mol. The minimum Gasteiger partial charge on any atom is -0.509 e. The number of aromatic nitrogens is 2. The number of nitrogens with zero attached hydrogens (tertiary/aromatic N) is 4. The summed E-state index contributed by atoms with van der Waals surface area (Å²) >= 11 is 0. The molecule has 0 N–H and O–H groups in total. The summed E-state index contributed by atoms with van der Waals surface area (Å²) in [4.78, 5) is 9.17. The Morgan fingerprint density at radius 3 is 2.00 bits per heavy atom. The van der Waals surface area contributed by atoms with Gasteiger partial charge in [0, 0.05) is 50.0 Å². The predicted octanol–water partition coefficient (Wildman–Crippen LogP) is 15.1. The Labute approximate surface area is 378 Å². The van der Waals surface area contributed by atoms with Crippen LogP contribution in [0.4, 0.5) is 11.4 Å². The average Bonchev–Trinajstić information content (AvgIpc) is 3.83. The van der Waals surface area contributed by atoms with Crippen LogP contribution in [-0.2, 0) is 31.9 Å². The van der Waals surface area contributed by atoms with Crippen molar-refractivity contribution in [1.29, 1.82) is 0 Å². The molecule has 0 aliphatic carbocycles. The van der Waals surface area contributed by atoms with Gasteiger partial charge in [-0.15, -0.1) is 48.1 Å². The molecule has 0 unspecified atom stereocenters. The van der Waals surface area contributed by atoms with Crippen molar-refractivity contribution in [3.8, 4) is 28.4 Å². The fraction of sp³-hybridized carbons (Fsp3) is 0.309. The van der Waals surface area contributed by atoms with Crippen LogP contribution in [0, 0.1) is 18.8 Å². The van der Waals surface area contributed by atoms with Crippen molar-refractivity contribution >= 4 is 33.2 Å². The van der Waals surface area contributed by atoms with E-state index in [4.69, 9.17) is 9.72 Å². The van der Waals surface area contributed by atoms with Gasteiger partial charge in [-0.2, -0.15) is 12.1 Å². The molecular weight excluding hydrogens is 928 g/mol. The zero-order valence-electron chi connectivity index (χ0n) is 37.8. The van der Waals surface area contributed by atoms with Gasteiger partial charge in [0.1, 0.15) is 5.82 Å². The van der Waals surface area contributed by atoms with Crippen LogP contribution in [0.5, 0.6) is 11.5 Å². The van der Waals surface area contributed by atoms with Gasteiger partial charge in [0.2, 0.25) is 0 Å². The summed E-state index contributed by atoms with van der Waals surface area (Å²) in [5.41, 5.74) is 13.3. The third-order valence-electron chi connectivity index (χ3n) is 11.8. The fourth-order valence-corrected chi connectivity index (χ4v) is 8.43. The fourth-order valence-electron chi connectivity index (χ4n) is 8.43. The second kappa shape index (κ2) is 17.0. The van der Waals surface area contributed by atoms with Crippen LogP contribution >= 0.6 is 0 Å². The van der Waals surface area contributed by atoms with Gasteiger partial charge in [-0.05, 0) is 116 Å². The van der Waals surface area contributed by atoms with Crippen molar-refractivity contribution in [3.05, 3.63) is 162 Å². The van der Waals surface area contributed by atoms with Crippen LogP contribution in [0.1, 0.15) is 129 Å². The smallest absolute Gasteiger partial charge is 0.135 e. The van der Waals surface area contributed by atoms with Gasteiger partial charge in [0.05, 0.1) is 0 Å². The minimum atomic E-state index is -0.0580. The molecule has 3 heterocycles. The van der Waals surface area contributed by atoms with E-state index in [1.807, 2.05) is 24.4 Å². The first kappa shape index (κ1) is 44.0. The van der Waals surface area contributed by atoms with E-state index in [1.165, 1.54) is 44.3 Å². The number of pyridine rings is 1. The topological polar surface area (TPSA) is 33.5 Å². The first-order chi connectivity index (χ1) is 28.5. The van der Waals surface area contributed by atoms with Crippen LogP contribution in [0.3, 0.4) is 0 Å². The Bertz CT molecular complexity index is 2710. The number of ether oxygens (including phenoxy) is 1. The molecule has 318 valence electrons. The molecular formula is C55H59N4OPt-3. The Balaban J connectivity index is 0.00000561. The molecule has 6 heteroatoms. The number of rotatable bonds is 9. The van der Waals surface area contributed by atoms with Gasteiger partial charge in [0.25, 0.3) is 0 Å². The second-order valence-corrected chi connectivity index (χ2v) is 19.3.